The third-order valence-electron chi connectivity index (χ3n) is 3.32. The summed E-state index contributed by atoms with van der Waals surface area (Å²) in [5, 5.41) is 7.20. The van der Waals surface area contributed by atoms with Crippen molar-refractivity contribution in [3.63, 3.8) is 0 Å². The van der Waals surface area contributed by atoms with Crippen LogP contribution in [0.1, 0.15) is 0 Å². The summed E-state index contributed by atoms with van der Waals surface area (Å²) in [6.45, 7) is 4.66. The van der Waals surface area contributed by atoms with Crippen LogP contribution in [0.2, 0.25) is 0 Å². The molecule has 0 atom stereocenters. The molecule has 1 aliphatic heterocycles. The van der Waals surface area contributed by atoms with Gasteiger partial charge in [0.05, 0.1) is 25.1 Å². The lowest BCUT2D eigenvalue weighted by Gasteiger charge is -2.33. The standard InChI is InChI=1S/C13H20N6O/c1-3-6-19(10-18-7-4-15-5-8-18)12-11(14)9-16-17(2)13(12)20/h1,9,15H,4-8,10,14H2,2H3. The number of anilines is 2. The lowest BCUT2D eigenvalue weighted by Crippen LogP contribution is -2.49. The third kappa shape index (κ3) is 3.10. The van der Waals surface area contributed by atoms with Crippen LogP contribution in [0.3, 0.4) is 0 Å². The molecule has 0 aromatic carbocycles. The van der Waals surface area contributed by atoms with Gasteiger partial charge in [0.15, 0.2) is 0 Å². The zero-order chi connectivity index (χ0) is 14.5. The average Bonchev–Trinajstić information content (AvgIpc) is 2.45. The second kappa shape index (κ2) is 6.41. The Labute approximate surface area is 118 Å². The van der Waals surface area contributed by atoms with Crippen LogP contribution in [0.15, 0.2) is 11.0 Å². The topological polar surface area (TPSA) is 79.4 Å². The molecular formula is C13H20N6O. The highest BCUT2D eigenvalue weighted by atomic mass is 16.1. The monoisotopic (exact) mass is 276 g/mol. The highest BCUT2D eigenvalue weighted by Gasteiger charge is 2.19. The van der Waals surface area contributed by atoms with Gasteiger partial charge in [-0.1, -0.05) is 5.92 Å². The van der Waals surface area contributed by atoms with Crippen LogP contribution in [0.25, 0.3) is 0 Å². The smallest absolute Gasteiger partial charge is 0.292 e. The first-order chi connectivity index (χ1) is 9.63. The summed E-state index contributed by atoms with van der Waals surface area (Å²) in [6.07, 6.45) is 6.91. The molecule has 2 heterocycles. The highest BCUT2D eigenvalue weighted by molar-refractivity contribution is 5.65. The molecule has 1 saturated heterocycles. The molecule has 7 heteroatoms. The SMILES string of the molecule is C#CCN(CN1CCNCC1)c1c(N)cnn(C)c1=O. The third-order valence-corrected chi connectivity index (χ3v) is 3.32. The molecule has 0 amide bonds. The zero-order valence-corrected chi connectivity index (χ0v) is 11.7. The second-order valence-corrected chi connectivity index (χ2v) is 4.79. The van der Waals surface area contributed by atoms with Gasteiger partial charge in [-0.15, -0.1) is 6.42 Å². The van der Waals surface area contributed by atoms with Crippen molar-refractivity contribution in [1.29, 1.82) is 0 Å². The molecule has 1 aliphatic rings. The van der Waals surface area contributed by atoms with Gasteiger partial charge in [-0.2, -0.15) is 5.10 Å². The molecule has 108 valence electrons. The largest absolute Gasteiger partial charge is 0.396 e. The number of nitrogens with one attached hydrogen (secondary N) is 1. The van der Waals surface area contributed by atoms with Gasteiger partial charge in [0.2, 0.25) is 0 Å². The van der Waals surface area contributed by atoms with Crippen LogP contribution >= 0.6 is 0 Å². The van der Waals surface area contributed by atoms with Crippen molar-refractivity contribution >= 4 is 11.4 Å². The van der Waals surface area contributed by atoms with E-state index in [1.807, 2.05) is 4.90 Å². The first kappa shape index (κ1) is 14.4. The molecule has 0 unspecified atom stereocenters. The fourth-order valence-corrected chi connectivity index (χ4v) is 2.26. The minimum Gasteiger partial charge on any atom is -0.396 e. The summed E-state index contributed by atoms with van der Waals surface area (Å²) in [5.41, 5.74) is 6.47. The van der Waals surface area contributed by atoms with Crippen LogP contribution in [-0.4, -0.2) is 54.1 Å². The summed E-state index contributed by atoms with van der Waals surface area (Å²) in [6, 6.07) is 0. The lowest BCUT2D eigenvalue weighted by atomic mass is 10.3. The molecule has 0 bridgehead atoms. The fourth-order valence-electron chi connectivity index (χ4n) is 2.26. The van der Waals surface area contributed by atoms with E-state index in [-0.39, 0.29) is 5.56 Å². The molecular weight excluding hydrogens is 256 g/mol. The minimum absolute atomic E-state index is 0.226. The number of aryl methyl sites for hydroxylation is 1. The highest BCUT2D eigenvalue weighted by Crippen LogP contribution is 2.16. The normalized spacial score (nSPS) is 15.8. The van der Waals surface area contributed by atoms with Crippen LogP contribution in [0.4, 0.5) is 11.4 Å². The number of nitrogen functional groups attached to an aromatic ring is 1. The molecule has 2 rings (SSSR count). The Hall–Kier alpha value is -2.04. The Balaban J connectivity index is 2.26. The van der Waals surface area contributed by atoms with Crippen LogP contribution in [0, 0.1) is 12.3 Å². The molecule has 3 N–H and O–H groups in total. The van der Waals surface area contributed by atoms with Gasteiger partial charge in [0.1, 0.15) is 5.69 Å². The first-order valence-electron chi connectivity index (χ1n) is 6.56. The summed E-state index contributed by atoms with van der Waals surface area (Å²) >= 11 is 0. The van der Waals surface area contributed by atoms with Gasteiger partial charge in [0, 0.05) is 33.2 Å². The van der Waals surface area contributed by atoms with E-state index >= 15 is 0 Å². The van der Waals surface area contributed by atoms with E-state index in [4.69, 9.17) is 12.2 Å². The van der Waals surface area contributed by atoms with Crippen molar-refractivity contribution in [2.24, 2.45) is 7.05 Å². The number of nitrogens with two attached hydrogens (primary N) is 1. The number of nitrogens with zero attached hydrogens (tertiary/aromatic N) is 4. The Bertz CT molecular complexity index is 555. The molecule has 20 heavy (non-hydrogen) atoms. The number of aromatic nitrogens is 2. The second-order valence-electron chi connectivity index (χ2n) is 4.79. The van der Waals surface area contributed by atoms with Gasteiger partial charge < -0.3 is 16.0 Å². The minimum atomic E-state index is -0.226. The lowest BCUT2D eigenvalue weighted by molar-refractivity contribution is 0.242. The average molecular weight is 276 g/mol. The maximum Gasteiger partial charge on any atom is 0.292 e. The van der Waals surface area contributed by atoms with Crippen molar-refractivity contribution in [2.75, 3.05) is 50.0 Å². The van der Waals surface area contributed by atoms with Gasteiger partial charge in [-0.25, -0.2) is 4.68 Å². The van der Waals surface area contributed by atoms with E-state index in [1.165, 1.54) is 10.9 Å². The molecule has 1 aromatic rings. The zero-order valence-electron chi connectivity index (χ0n) is 11.7. The van der Waals surface area contributed by atoms with E-state index < -0.39 is 0 Å². The van der Waals surface area contributed by atoms with E-state index in [0.29, 0.717) is 24.6 Å². The molecule has 7 nitrogen and oxygen atoms in total. The Morgan fingerprint density at radius 1 is 1.55 bits per heavy atom. The molecule has 0 saturated carbocycles. The van der Waals surface area contributed by atoms with E-state index in [9.17, 15) is 4.79 Å². The van der Waals surface area contributed by atoms with Crippen molar-refractivity contribution in [3.8, 4) is 12.3 Å². The van der Waals surface area contributed by atoms with Gasteiger partial charge in [-0.05, 0) is 0 Å². The summed E-state index contributed by atoms with van der Waals surface area (Å²) < 4.78 is 1.27. The Kier molecular flexibility index (Phi) is 4.61. The molecule has 0 radical (unpaired) electrons. The quantitative estimate of drug-likeness (QED) is 0.663. The predicted molar refractivity (Wildman–Crippen MR) is 79.4 cm³/mol. The maximum atomic E-state index is 12.2. The van der Waals surface area contributed by atoms with Crippen molar-refractivity contribution in [2.45, 2.75) is 0 Å². The molecule has 0 spiro atoms. The number of hydrogen-bond donors (Lipinski definition) is 2. The summed E-state index contributed by atoms with van der Waals surface area (Å²) in [7, 11) is 1.60. The number of rotatable bonds is 4. The van der Waals surface area contributed by atoms with Crippen LogP contribution in [0.5, 0.6) is 0 Å². The Morgan fingerprint density at radius 3 is 2.90 bits per heavy atom. The Morgan fingerprint density at radius 2 is 2.25 bits per heavy atom. The van der Waals surface area contributed by atoms with Crippen molar-refractivity contribution in [3.05, 3.63) is 16.6 Å². The first-order valence-corrected chi connectivity index (χ1v) is 6.56. The predicted octanol–water partition coefficient (Wildman–Crippen LogP) is -1.34. The van der Waals surface area contributed by atoms with Crippen LogP contribution in [-0.2, 0) is 7.05 Å². The van der Waals surface area contributed by atoms with E-state index in [0.717, 1.165) is 26.2 Å². The summed E-state index contributed by atoms with van der Waals surface area (Å²) in [5.74, 6) is 2.59. The number of hydrogen-bond acceptors (Lipinski definition) is 6. The molecule has 1 fully saturated rings. The molecule has 1 aromatic heterocycles. The van der Waals surface area contributed by atoms with Gasteiger partial charge in [0.25, 0.3) is 5.56 Å². The van der Waals surface area contributed by atoms with Crippen LogP contribution < -0.4 is 21.5 Å². The van der Waals surface area contributed by atoms with Crippen molar-refractivity contribution < 1.29 is 0 Å². The van der Waals surface area contributed by atoms with Gasteiger partial charge in [-0.3, -0.25) is 9.69 Å². The maximum absolute atomic E-state index is 12.2. The van der Waals surface area contributed by atoms with Crippen molar-refractivity contribution in [1.82, 2.24) is 20.0 Å². The van der Waals surface area contributed by atoms with Gasteiger partial charge >= 0.3 is 0 Å². The molecule has 0 aliphatic carbocycles. The van der Waals surface area contributed by atoms with E-state index in [2.05, 4.69) is 21.2 Å². The van der Waals surface area contributed by atoms with E-state index in [1.54, 1.807) is 7.05 Å². The number of terminal acetylenes is 1. The number of piperazine rings is 1. The fraction of sp³-hybridized carbons (Fsp3) is 0.538. The summed E-state index contributed by atoms with van der Waals surface area (Å²) in [4.78, 5) is 16.3.